The van der Waals surface area contributed by atoms with Crippen LogP contribution in [0, 0.1) is 6.92 Å². The number of hydrogen-bond acceptors (Lipinski definition) is 4. The van der Waals surface area contributed by atoms with Crippen LogP contribution < -0.4 is 16.0 Å². The fourth-order valence-electron chi connectivity index (χ4n) is 2.94. The standard InChI is InChI=1S/C24H20N4O2S/c1-16-25-22(15-31-16)17-7-11-20(12-8-17)26-23(29)18-9-13-21(14-10-18)28-24(30)27-19-5-3-2-4-6-19/h2-15H,1H3,(H,26,29)(H2,27,28,30). The number of aryl methyl sites for hydroxylation is 1. The molecule has 0 saturated carbocycles. The molecule has 0 aliphatic carbocycles. The molecule has 31 heavy (non-hydrogen) atoms. The van der Waals surface area contributed by atoms with Crippen LogP contribution in [0.15, 0.2) is 84.2 Å². The molecule has 0 saturated heterocycles. The maximum Gasteiger partial charge on any atom is 0.323 e. The highest BCUT2D eigenvalue weighted by molar-refractivity contribution is 7.09. The normalized spacial score (nSPS) is 10.4. The van der Waals surface area contributed by atoms with Gasteiger partial charge in [0.05, 0.1) is 10.7 Å². The average Bonchev–Trinajstić information content (AvgIpc) is 3.21. The number of amides is 3. The lowest BCUT2D eigenvalue weighted by Gasteiger charge is -2.09. The van der Waals surface area contributed by atoms with E-state index in [1.54, 1.807) is 47.7 Å². The Morgan fingerprint density at radius 2 is 1.32 bits per heavy atom. The number of aromatic nitrogens is 1. The molecule has 0 aliphatic rings. The third kappa shape index (κ3) is 5.34. The quantitative estimate of drug-likeness (QED) is 0.364. The molecule has 4 aromatic rings. The zero-order chi connectivity index (χ0) is 21.6. The number of carbonyl (C=O) groups excluding carboxylic acids is 2. The molecule has 1 aromatic heterocycles. The smallest absolute Gasteiger partial charge is 0.322 e. The molecule has 4 rings (SSSR count). The van der Waals surface area contributed by atoms with Gasteiger partial charge in [0.15, 0.2) is 0 Å². The molecule has 3 N–H and O–H groups in total. The monoisotopic (exact) mass is 428 g/mol. The Morgan fingerprint density at radius 1 is 0.742 bits per heavy atom. The van der Waals surface area contributed by atoms with Crippen LogP contribution in [-0.4, -0.2) is 16.9 Å². The van der Waals surface area contributed by atoms with Gasteiger partial charge in [0.1, 0.15) is 0 Å². The molecule has 1 heterocycles. The van der Waals surface area contributed by atoms with E-state index in [-0.39, 0.29) is 11.9 Å². The van der Waals surface area contributed by atoms with E-state index in [0.717, 1.165) is 16.3 Å². The van der Waals surface area contributed by atoms with E-state index >= 15 is 0 Å². The van der Waals surface area contributed by atoms with Crippen molar-refractivity contribution in [3.63, 3.8) is 0 Å². The summed E-state index contributed by atoms with van der Waals surface area (Å²) < 4.78 is 0. The number of rotatable bonds is 5. The Morgan fingerprint density at radius 3 is 1.94 bits per heavy atom. The van der Waals surface area contributed by atoms with Crippen molar-refractivity contribution in [2.75, 3.05) is 16.0 Å². The van der Waals surface area contributed by atoms with Crippen LogP contribution in [0.2, 0.25) is 0 Å². The van der Waals surface area contributed by atoms with Crippen LogP contribution in [0.5, 0.6) is 0 Å². The second kappa shape index (κ2) is 9.23. The lowest BCUT2D eigenvalue weighted by Crippen LogP contribution is -2.19. The molecule has 154 valence electrons. The number of hydrogen-bond donors (Lipinski definition) is 3. The minimum absolute atomic E-state index is 0.225. The van der Waals surface area contributed by atoms with Crippen LogP contribution in [0.3, 0.4) is 0 Å². The van der Waals surface area contributed by atoms with Crippen LogP contribution in [0.4, 0.5) is 21.9 Å². The zero-order valence-corrected chi connectivity index (χ0v) is 17.6. The van der Waals surface area contributed by atoms with Crippen molar-refractivity contribution >= 4 is 40.3 Å². The van der Waals surface area contributed by atoms with Gasteiger partial charge in [0, 0.05) is 33.6 Å². The number of thiazole rings is 1. The Labute approximate surface area is 184 Å². The van der Waals surface area contributed by atoms with Crippen molar-refractivity contribution in [2.24, 2.45) is 0 Å². The fourth-order valence-corrected chi connectivity index (χ4v) is 3.57. The lowest BCUT2D eigenvalue weighted by atomic mass is 10.1. The van der Waals surface area contributed by atoms with Gasteiger partial charge in [-0.2, -0.15) is 0 Å². The summed E-state index contributed by atoms with van der Waals surface area (Å²) in [5.41, 5.74) is 4.42. The minimum Gasteiger partial charge on any atom is -0.322 e. The summed E-state index contributed by atoms with van der Waals surface area (Å²) >= 11 is 1.61. The molecule has 0 atom stereocenters. The molecule has 3 amide bonds. The SMILES string of the molecule is Cc1nc(-c2ccc(NC(=O)c3ccc(NC(=O)Nc4ccccc4)cc3)cc2)cs1. The maximum atomic E-state index is 12.5. The molecule has 7 heteroatoms. The first kappa shape index (κ1) is 20.3. The van der Waals surface area contributed by atoms with E-state index in [0.29, 0.717) is 22.6 Å². The van der Waals surface area contributed by atoms with E-state index in [2.05, 4.69) is 20.9 Å². The second-order valence-corrected chi connectivity index (χ2v) is 7.87. The topological polar surface area (TPSA) is 83.1 Å². The van der Waals surface area contributed by atoms with Gasteiger partial charge in [-0.1, -0.05) is 30.3 Å². The van der Waals surface area contributed by atoms with E-state index in [1.807, 2.05) is 54.8 Å². The molecular formula is C24H20N4O2S. The maximum absolute atomic E-state index is 12.5. The highest BCUT2D eigenvalue weighted by atomic mass is 32.1. The Balaban J connectivity index is 1.34. The number of para-hydroxylation sites is 1. The number of urea groups is 1. The largest absolute Gasteiger partial charge is 0.323 e. The zero-order valence-electron chi connectivity index (χ0n) is 16.8. The lowest BCUT2D eigenvalue weighted by molar-refractivity contribution is 0.102. The summed E-state index contributed by atoms with van der Waals surface area (Å²) in [5.74, 6) is -0.225. The van der Waals surface area contributed by atoms with E-state index in [4.69, 9.17) is 0 Å². The number of carbonyl (C=O) groups is 2. The van der Waals surface area contributed by atoms with Crippen molar-refractivity contribution in [3.8, 4) is 11.3 Å². The molecule has 0 bridgehead atoms. The number of nitrogens with one attached hydrogen (secondary N) is 3. The molecule has 0 radical (unpaired) electrons. The van der Waals surface area contributed by atoms with Gasteiger partial charge >= 0.3 is 6.03 Å². The van der Waals surface area contributed by atoms with Crippen LogP contribution >= 0.6 is 11.3 Å². The van der Waals surface area contributed by atoms with Gasteiger partial charge in [0.25, 0.3) is 5.91 Å². The summed E-state index contributed by atoms with van der Waals surface area (Å²) in [5, 5.41) is 11.4. The summed E-state index contributed by atoms with van der Waals surface area (Å²) in [6.07, 6.45) is 0. The Kier molecular flexibility index (Phi) is 6.05. The molecule has 0 fully saturated rings. The van der Waals surface area contributed by atoms with E-state index < -0.39 is 0 Å². The van der Waals surface area contributed by atoms with E-state index in [1.165, 1.54) is 0 Å². The van der Waals surface area contributed by atoms with Gasteiger partial charge < -0.3 is 16.0 Å². The predicted molar refractivity (Wildman–Crippen MR) is 126 cm³/mol. The Bertz CT molecular complexity index is 1190. The molecular weight excluding hydrogens is 408 g/mol. The first-order chi connectivity index (χ1) is 15.1. The van der Waals surface area contributed by atoms with Crippen molar-refractivity contribution in [1.29, 1.82) is 0 Å². The van der Waals surface area contributed by atoms with Crippen LogP contribution in [-0.2, 0) is 0 Å². The number of anilines is 3. The molecule has 0 spiro atoms. The molecule has 3 aromatic carbocycles. The fraction of sp³-hybridized carbons (Fsp3) is 0.0417. The van der Waals surface area contributed by atoms with Gasteiger partial charge in [-0.25, -0.2) is 9.78 Å². The van der Waals surface area contributed by atoms with Crippen LogP contribution in [0.1, 0.15) is 15.4 Å². The third-order valence-corrected chi connectivity index (χ3v) is 5.27. The van der Waals surface area contributed by atoms with Gasteiger partial charge in [0.2, 0.25) is 0 Å². The highest BCUT2D eigenvalue weighted by Crippen LogP contribution is 2.23. The molecule has 6 nitrogen and oxygen atoms in total. The summed E-state index contributed by atoms with van der Waals surface area (Å²) in [7, 11) is 0. The Hall–Kier alpha value is -3.97. The first-order valence-electron chi connectivity index (χ1n) is 9.64. The molecule has 0 unspecified atom stereocenters. The van der Waals surface area contributed by atoms with Gasteiger partial charge in [-0.05, 0) is 55.5 Å². The third-order valence-electron chi connectivity index (χ3n) is 4.49. The summed E-state index contributed by atoms with van der Waals surface area (Å²) in [4.78, 5) is 29.1. The van der Waals surface area contributed by atoms with Crippen molar-refractivity contribution in [3.05, 3.63) is 94.8 Å². The summed E-state index contributed by atoms with van der Waals surface area (Å²) in [6, 6.07) is 23.1. The highest BCUT2D eigenvalue weighted by Gasteiger charge is 2.08. The van der Waals surface area contributed by atoms with Crippen LogP contribution in [0.25, 0.3) is 11.3 Å². The van der Waals surface area contributed by atoms with E-state index in [9.17, 15) is 9.59 Å². The predicted octanol–water partition coefficient (Wildman–Crippen LogP) is 6.01. The van der Waals surface area contributed by atoms with Crippen molar-refractivity contribution in [2.45, 2.75) is 6.92 Å². The average molecular weight is 429 g/mol. The molecule has 0 aliphatic heterocycles. The number of benzene rings is 3. The minimum atomic E-state index is -0.348. The van der Waals surface area contributed by atoms with Crippen molar-refractivity contribution < 1.29 is 9.59 Å². The van der Waals surface area contributed by atoms with Gasteiger partial charge in [-0.15, -0.1) is 11.3 Å². The number of nitrogens with zero attached hydrogens (tertiary/aromatic N) is 1. The van der Waals surface area contributed by atoms with Crippen molar-refractivity contribution in [1.82, 2.24) is 4.98 Å². The second-order valence-electron chi connectivity index (χ2n) is 6.81. The first-order valence-corrected chi connectivity index (χ1v) is 10.5. The van der Waals surface area contributed by atoms with Gasteiger partial charge in [-0.3, -0.25) is 4.79 Å². The summed E-state index contributed by atoms with van der Waals surface area (Å²) in [6.45, 7) is 1.97.